The molecule has 1 heterocycles. The number of hydrogen-bond acceptors (Lipinski definition) is 2. The Bertz CT molecular complexity index is 490. The van der Waals surface area contributed by atoms with Crippen molar-refractivity contribution in [3.8, 4) is 5.75 Å². The number of halogens is 1. The highest BCUT2D eigenvalue weighted by Gasteiger charge is 2.08. The molecule has 0 bridgehead atoms. The van der Waals surface area contributed by atoms with Crippen LogP contribution in [0.4, 0.5) is 0 Å². The lowest BCUT2D eigenvalue weighted by molar-refractivity contribution is 0.415. The maximum Gasteiger partial charge on any atom is 0.139 e. The highest BCUT2D eigenvalue weighted by Crippen LogP contribution is 2.29. The lowest BCUT2D eigenvalue weighted by Crippen LogP contribution is -1.90. The molecule has 74 valence electrons. The molecule has 0 aliphatic heterocycles. The van der Waals surface area contributed by atoms with Crippen molar-refractivity contribution in [2.24, 2.45) is 7.05 Å². The minimum Gasteiger partial charge on any atom is -0.495 e. The molecule has 2 aromatic rings. The van der Waals surface area contributed by atoms with Crippen molar-refractivity contribution in [1.29, 1.82) is 0 Å². The van der Waals surface area contributed by atoms with E-state index in [4.69, 9.17) is 16.3 Å². The maximum absolute atomic E-state index is 6.02. The summed E-state index contributed by atoms with van der Waals surface area (Å²) >= 11 is 6.02. The van der Waals surface area contributed by atoms with Gasteiger partial charge in [0.25, 0.3) is 0 Å². The number of benzene rings is 1. The molecule has 0 fully saturated rings. The van der Waals surface area contributed by atoms with Crippen molar-refractivity contribution in [2.75, 3.05) is 7.11 Å². The number of fused-ring (bicyclic) bond motifs is 1. The Labute approximate surface area is 87.3 Å². The molecule has 1 aromatic heterocycles. The summed E-state index contributed by atoms with van der Waals surface area (Å²) in [7, 11) is 3.57. The lowest BCUT2D eigenvalue weighted by Gasteiger charge is -2.02. The van der Waals surface area contributed by atoms with Gasteiger partial charge in [-0.1, -0.05) is 11.6 Å². The monoisotopic (exact) mass is 210 g/mol. The summed E-state index contributed by atoms with van der Waals surface area (Å²) in [5.41, 5.74) is 1.93. The third-order valence-electron chi connectivity index (χ3n) is 2.38. The lowest BCUT2D eigenvalue weighted by atomic mass is 10.3. The van der Waals surface area contributed by atoms with Crippen LogP contribution in [0.5, 0.6) is 5.75 Å². The smallest absolute Gasteiger partial charge is 0.139 e. The third-order valence-corrected chi connectivity index (χ3v) is 2.67. The highest BCUT2D eigenvalue weighted by atomic mass is 35.5. The normalized spacial score (nSPS) is 10.9. The molecule has 0 saturated heterocycles. The molecule has 0 radical (unpaired) electrons. The average Bonchev–Trinajstić information content (AvgIpc) is 2.43. The molecule has 14 heavy (non-hydrogen) atoms. The van der Waals surface area contributed by atoms with Crippen LogP contribution >= 0.6 is 11.6 Å². The molecule has 1 aromatic carbocycles. The first-order valence-electron chi connectivity index (χ1n) is 4.30. The van der Waals surface area contributed by atoms with E-state index in [9.17, 15) is 0 Å². The first-order valence-corrected chi connectivity index (χ1v) is 4.68. The number of aromatic nitrogens is 2. The molecule has 0 N–H and O–H groups in total. The molecule has 2 rings (SSSR count). The summed E-state index contributed by atoms with van der Waals surface area (Å²) in [4.78, 5) is 4.39. The quantitative estimate of drug-likeness (QED) is 0.723. The van der Waals surface area contributed by atoms with Gasteiger partial charge in [-0.15, -0.1) is 0 Å². The van der Waals surface area contributed by atoms with Crippen LogP contribution in [0, 0.1) is 6.92 Å². The minimum absolute atomic E-state index is 0.614. The fourth-order valence-corrected chi connectivity index (χ4v) is 1.71. The molecule has 0 aliphatic carbocycles. The van der Waals surface area contributed by atoms with Gasteiger partial charge in [0.05, 0.1) is 23.2 Å². The Morgan fingerprint density at radius 1 is 1.43 bits per heavy atom. The second kappa shape index (κ2) is 3.17. The van der Waals surface area contributed by atoms with Gasteiger partial charge < -0.3 is 9.30 Å². The number of methoxy groups -OCH3 is 1. The molecule has 0 spiro atoms. The van der Waals surface area contributed by atoms with Crippen LogP contribution in [0.2, 0.25) is 5.02 Å². The second-order valence-corrected chi connectivity index (χ2v) is 3.60. The van der Waals surface area contributed by atoms with Gasteiger partial charge in [0.15, 0.2) is 0 Å². The number of imidazole rings is 1. The molecule has 3 nitrogen and oxygen atoms in total. The van der Waals surface area contributed by atoms with E-state index in [1.165, 1.54) is 0 Å². The van der Waals surface area contributed by atoms with E-state index in [0.29, 0.717) is 10.8 Å². The van der Waals surface area contributed by atoms with E-state index >= 15 is 0 Å². The van der Waals surface area contributed by atoms with Crippen LogP contribution in [-0.4, -0.2) is 16.7 Å². The summed E-state index contributed by atoms with van der Waals surface area (Å²) in [6.07, 6.45) is 0. The molecule has 0 unspecified atom stereocenters. The number of rotatable bonds is 1. The Hall–Kier alpha value is -1.22. The largest absolute Gasteiger partial charge is 0.495 e. The summed E-state index contributed by atoms with van der Waals surface area (Å²) in [5, 5.41) is 0.614. The minimum atomic E-state index is 0.614. The first-order chi connectivity index (χ1) is 6.63. The van der Waals surface area contributed by atoms with Crippen molar-refractivity contribution in [3.05, 3.63) is 23.0 Å². The second-order valence-electron chi connectivity index (χ2n) is 3.19. The first kappa shape index (κ1) is 9.34. The van der Waals surface area contributed by atoms with Crippen molar-refractivity contribution in [2.45, 2.75) is 6.92 Å². The van der Waals surface area contributed by atoms with E-state index in [0.717, 1.165) is 16.9 Å². The van der Waals surface area contributed by atoms with Gasteiger partial charge in [-0.25, -0.2) is 4.98 Å². The summed E-state index contributed by atoms with van der Waals surface area (Å²) in [6, 6.07) is 3.72. The van der Waals surface area contributed by atoms with Gasteiger partial charge >= 0.3 is 0 Å². The molecule has 0 atom stereocenters. The number of ether oxygens (including phenoxy) is 1. The zero-order chi connectivity index (χ0) is 10.3. The predicted octanol–water partition coefficient (Wildman–Crippen LogP) is 2.54. The van der Waals surface area contributed by atoms with Crippen molar-refractivity contribution < 1.29 is 4.74 Å². The van der Waals surface area contributed by atoms with Gasteiger partial charge in [-0.05, 0) is 13.0 Å². The SMILES string of the molecule is COc1cc2nc(C)n(C)c2cc1Cl. The Kier molecular flexibility index (Phi) is 2.11. The predicted molar refractivity (Wildman–Crippen MR) is 57.0 cm³/mol. The van der Waals surface area contributed by atoms with Crippen LogP contribution in [0.1, 0.15) is 5.82 Å². The van der Waals surface area contributed by atoms with Crippen LogP contribution in [0.25, 0.3) is 11.0 Å². The molecule has 0 saturated carbocycles. The van der Waals surface area contributed by atoms with Crippen LogP contribution in [0.15, 0.2) is 12.1 Å². The summed E-state index contributed by atoms with van der Waals surface area (Å²) < 4.78 is 7.12. The number of nitrogens with zero attached hydrogens (tertiary/aromatic N) is 2. The van der Waals surface area contributed by atoms with Crippen LogP contribution in [0.3, 0.4) is 0 Å². The summed E-state index contributed by atoms with van der Waals surface area (Å²) in [6.45, 7) is 1.96. The van der Waals surface area contributed by atoms with Gasteiger partial charge in [0.2, 0.25) is 0 Å². The Morgan fingerprint density at radius 2 is 2.14 bits per heavy atom. The molecular weight excluding hydrogens is 200 g/mol. The maximum atomic E-state index is 6.02. The topological polar surface area (TPSA) is 27.1 Å². The fraction of sp³-hybridized carbons (Fsp3) is 0.300. The third kappa shape index (κ3) is 1.24. The fourth-order valence-electron chi connectivity index (χ4n) is 1.47. The average molecular weight is 211 g/mol. The van der Waals surface area contributed by atoms with E-state index in [1.54, 1.807) is 7.11 Å². The highest BCUT2D eigenvalue weighted by molar-refractivity contribution is 6.32. The molecule has 0 aliphatic rings. The molecule has 0 amide bonds. The van der Waals surface area contributed by atoms with Gasteiger partial charge in [-0.2, -0.15) is 0 Å². The zero-order valence-corrected chi connectivity index (χ0v) is 9.09. The zero-order valence-electron chi connectivity index (χ0n) is 8.34. The Balaban J connectivity index is 2.79. The van der Waals surface area contributed by atoms with Crippen molar-refractivity contribution in [1.82, 2.24) is 9.55 Å². The van der Waals surface area contributed by atoms with Gasteiger partial charge in [-0.3, -0.25) is 0 Å². The standard InChI is InChI=1S/C10H11ClN2O/c1-6-12-8-5-10(14-3)7(11)4-9(8)13(6)2/h4-5H,1-3H3. The van der Waals surface area contributed by atoms with Gasteiger partial charge in [0.1, 0.15) is 11.6 Å². The van der Waals surface area contributed by atoms with E-state index < -0.39 is 0 Å². The Morgan fingerprint density at radius 3 is 2.79 bits per heavy atom. The van der Waals surface area contributed by atoms with E-state index in [2.05, 4.69) is 4.98 Å². The number of hydrogen-bond donors (Lipinski definition) is 0. The van der Waals surface area contributed by atoms with Crippen molar-refractivity contribution in [3.63, 3.8) is 0 Å². The van der Waals surface area contributed by atoms with Crippen molar-refractivity contribution >= 4 is 22.6 Å². The molecular formula is C10H11ClN2O. The van der Waals surface area contributed by atoms with E-state index in [1.807, 2.05) is 30.7 Å². The molecule has 4 heteroatoms. The number of aryl methyl sites for hydroxylation is 2. The summed E-state index contributed by atoms with van der Waals surface area (Å²) in [5.74, 6) is 1.63. The van der Waals surface area contributed by atoms with Gasteiger partial charge in [0, 0.05) is 13.1 Å². The van der Waals surface area contributed by atoms with E-state index in [-0.39, 0.29) is 0 Å². The van der Waals surface area contributed by atoms with Crippen LogP contribution in [-0.2, 0) is 7.05 Å². The van der Waals surface area contributed by atoms with Crippen LogP contribution < -0.4 is 4.74 Å².